The second-order valence-electron chi connectivity index (χ2n) is 3.47. The number of benzene rings is 1. The van der Waals surface area contributed by atoms with E-state index in [1.165, 1.54) is 0 Å². The topological polar surface area (TPSA) is 38.0 Å². The van der Waals surface area contributed by atoms with Crippen molar-refractivity contribution >= 4 is 5.69 Å². The highest BCUT2D eigenvalue weighted by Gasteiger charge is 2.17. The van der Waals surface area contributed by atoms with Gasteiger partial charge in [0.2, 0.25) is 0 Å². The third-order valence-corrected chi connectivity index (χ3v) is 2.56. The fraction of sp³-hybridized carbons (Fsp3) is 0.400. The van der Waals surface area contributed by atoms with E-state index < -0.39 is 0 Å². The highest BCUT2D eigenvalue weighted by Crippen LogP contribution is 2.24. The summed E-state index contributed by atoms with van der Waals surface area (Å²) in [4.78, 5) is 0. The first kappa shape index (κ1) is 8.51. The Bertz CT molecular complexity index is 306. The monoisotopic (exact) mass is 180 g/mol. The Labute approximate surface area is 76.9 Å². The molecule has 13 heavy (non-hydrogen) atoms. The lowest BCUT2D eigenvalue weighted by Gasteiger charge is -2.09. The first-order valence-corrected chi connectivity index (χ1v) is 4.53. The van der Waals surface area contributed by atoms with Crippen LogP contribution in [0.3, 0.4) is 0 Å². The van der Waals surface area contributed by atoms with E-state index in [2.05, 4.69) is 5.32 Å². The molecule has 1 atom stereocenters. The fourth-order valence-corrected chi connectivity index (χ4v) is 1.74. The van der Waals surface area contributed by atoms with Gasteiger partial charge in [-0.05, 0) is 36.6 Å². The Morgan fingerprint density at radius 3 is 2.92 bits per heavy atom. The van der Waals surface area contributed by atoms with Crippen LogP contribution >= 0.6 is 0 Å². The first-order valence-electron chi connectivity index (χ1n) is 4.53. The summed E-state index contributed by atoms with van der Waals surface area (Å²) in [5.74, 6) is 0.152. The van der Waals surface area contributed by atoms with Gasteiger partial charge in [-0.1, -0.05) is 6.07 Å². The van der Waals surface area contributed by atoms with Crippen molar-refractivity contribution in [3.8, 4) is 0 Å². The number of anilines is 1. The Morgan fingerprint density at radius 2 is 2.31 bits per heavy atom. The van der Waals surface area contributed by atoms with Crippen LogP contribution in [0.2, 0.25) is 0 Å². The summed E-state index contributed by atoms with van der Waals surface area (Å²) in [7, 11) is 0. The second kappa shape index (κ2) is 3.34. The number of hydrogen-bond donors (Lipinski definition) is 2. The quantitative estimate of drug-likeness (QED) is 0.642. The summed E-state index contributed by atoms with van der Waals surface area (Å²) in [5, 5.41) is 3.25. The van der Waals surface area contributed by atoms with Crippen LogP contribution in [0, 0.1) is 5.82 Å². The van der Waals surface area contributed by atoms with Crippen LogP contribution in [0.1, 0.15) is 17.9 Å². The second-order valence-corrected chi connectivity index (χ2v) is 3.47. The normalized spacial score (nSPS) is 22.1. The molecule has 0 saturated carbocycles. The van der Waals surface area contributed by atoms with Gasteiger partial charge in [0.15, 0.2) is 0 Å². The van der Waals surface area contributed by atoms with Crippen molar-refractivity contribution in [2.24, 2.45) is 0 Å². The van der Waals surface area contributed by atoms with Gasteiger partial charge in [0.05, 0.1) is 5.69 Å². The maximum atomic E-state index is 13.1. The molecular weight excluding hydrogens is 167 g/mol. The molecule has 0 bridgehead atoms. The van der Waals surface area contributed by atoms with Gasteiger partial charge < -0.3 is 11.1 Å². The lowest BCUT2D eigenvalue weighted by Crippen LogP contribution is -2.08. The van der Waals surface area contributed by atoms with Crippen LogP contribution in [0.4, 0.5) is 10.1 Å². The zero-order valence-electron chi connectivity index (χ0n) is 7.39. The average molecular weight is 180 g/mol. The maximum Gasteiger partial charge on any atom is 0.146 e. The molecule has 0 radical (unpaired) electrons. The van der Waals surface area contributed by atoms with E-state index in [9.17, 15) is 4.39 Å². The smallest absolute Gasteiger partial charge is 0.146 e. The van der Waals surface area contributed by atoms with Crippen molar-refractivity contribution in [3.05, 3.63) is 29.6 Å². The van der Waals surface area contributed by atoms with Gasteiger partial charge in [0, 0.05) is 6.54 Å². The minimum Gasteiger partial charge on any atom is -0.396 e. The molecule has 1 aromatic carbocycles. The van der Waals surface area contributed by atoms with Gasteiger partial charge in [-0.2, -0.15) is 0 Å². The molecule has 0 aliphatic carbocycles. The molecule has 0 spiro atoms. The molecule has 1 fully saturated rings. The molecule has 2 nitrogen and oxygen atoms in total. The summed E-state index contributed by atoms with van der Waals surface area (Å²) in [5.41, 5.74) is 6.68. The molecule has 70 valence electrons. The zero-order valence-corrected chi connectivity index (χ0v) is 7.39. The van der Waals surface area contributed by atoms with Crippen molar-refractivity contribution in [1.29, 1.82) is 0 Å². The zero-order chi connectivity index (χ0) is 9.26. The molecule has 1 aliphatic heterocycles. The van der Waals surface area contributed by atoms with Gasteiger partial charge in [-0.25, -0.2) is 4.39 Å². The van der Waals surface area contributed by atoms with Gasteiger partial charge in [-0.3, -0.25) is 0 Å². The third-order valence-electron chi connectivity index (χ3n) is 2.56. The number of nitrogen functional groups attached to an aromatic ring is 1. The molecule has 2 rings (SSSR count). The van der Waals surface area contributed by atoms with E-state index in [1.54, 1.807) is 12.1 Å². The molecule has 3 N–H and O–H groups in total. The standard InChI is InChI=1S/C10H13FN2/c11-9-5-7(1-2-10(9)12)8-3-4-13-6-8/h1-2,5,8,13H,3-4,6,12H2. The molecule has 1 aliphatic rings. The van der Waals surface area contributed by atoms with E-state index in [4.69, 9.17) is 5.73 Å². The van der Waals surface area contributed by atoms with Crippen molar-refractivity contribution in [2.75, 3.05) is 18.8 Å². The van der Waals surface area contributed by atoms with E-state index in [0.29, 0.717) is 5.92 Å². The SMILES string of the molecule is Nc1ccc(C2CCNC2)cc1F. The van der Waals surface area contributed by atoms with Gasteiger partial charge in [0.25, 0.3) is 0 Å². The number of halogens is 1. The Morgan fingerprint density at radius 1 is 1.46 bits per heavy atom. The summed E-state index contributed by atoms with van der Waals surface area (Å²) in [6, 6.07) is 5.10. The molecule has 1 saturated heterocycles. The Kier molecular flexibility index (Phi) is 2.19. The minimum atomic E-state index is -0.301. The largest absolute Gasteiger partial charge is 0.396 e. The number of rotatable bonds is 1. The molecule has 0 aromatic heterocycles. The predicted octanol–water partition coefficient (Wildman–Crippen LogP) is 1.48. The lowest BCUT2D eigenvalue weighted by atomic mass is 9.98. The lowest BCUT2D eigenvalue weighted by molar-refractivity contribution is 0.625. The molecule has 0 amide bonds. The van der Waals surface area contributed by atoms with Crippen LogP contribution < -0.4 is 11.1 Å². The van der Waals surface area contributed by atoms with Gasteiger partial charge in [-0.15, -0.1) is 0 Å². The third kappa shape index (κ3) is 1.65. The molecule has 1 heterocycles. The van der Waals surface area contributed by atoms with Crippen molar-refractivity contribution in [2.45, 2.75) is 12.3 Å². The average Bonchev–Trinajstić information content (AvgIpc) is 2.62. The predicted molar refractivity (Wildman–Crippen MR) is 51.0 cm³/mol. The van der Waals surface area contributed by atoms with Gasteiger partial charge >= 0.3 is 0 Å². The molecular formula is C10H13FN2. The van der Waals surface area contributed by atoms with Crippen LogP contribution in [-0.4, -0.2) is 13.1 Å². The summed E-state index contributed by atoms with van der Waals surface area (Å²) < 4.78 is 13.1. The first-order chi connectivity index (χ1) is 6.27. The van der Waals surface area contributed by atoms with Crippen LogP contribution in [-0.2, 0) is 0 Å². The summed E-state index contributed by atoms with van der Waals surface area (Å²) in [6.07, 6.45) is 1.09. The maximum absolute atomic E-state index is 13.1. The van der Waals surface area contributed by atoms with Crippen molar-refractivity contribution < 1.29 is 4.39 Å². The minimum absolute atomic E-state index is 0.231. The number of hydrogen-bond acceptors (Lipinski definition) is 2. The van der Waals surface area contributed by atoms with E-state index >= 15 is 0 Å². The highest BCUT2D eigenvalue weighted by atomic mass is 19.1. The Hall–Kier alpha value is -1.09. The molecule has 3 heteroatoms. The van der Waals surface area contributed by atoms with Crippen LogP contribution in [0.25, 0.3) is 0 Å². The van der Waals surface area contributed by atoms with Gasteiger partial charge in [0.1, 0.15) is 5.82 Å². The van der Waals surface area contributed by atoms with Crippen molar-refractivity contribution in [3.63, 3.8) is 0 Å². The summed E-state index contributed by atoms with van der Waals surface area (Å²) >= 11 is 0. The van der Waals surface area contributed by atoms with E-state index in [1.807, 2.05) is 6.07 Å². The number of nitrogens with one attached hydrogen (secondary N) is 1. The summed E-state index contributed by atoms with van der Waals surface area (Å²) in [6.45, 7) is 1.97. The van der Waals surface area contributed by atoms with E-state index in [-0.39, 0.29) is 11.5 Å². The fourth-order valence-electron chi connectivity index (χ4n) is 1.74. The molecule has 1 aromatic rings. The highest BCUT2D eigenvalue weighted by molar-refractivity contribution is 5.42. The van der Waals surface area contributed by atoms with Crippen LogP contribution in [0.5, 0.6) is 0 Å². The van der Waals surface area contributed by atoms with E-state index in [0.717, 1.165) is 25.1 Å². The van der Waals surface area contributed by atoms with Crippen LogP contribution in [0.15, 0.2) is 18.2 Å². The Balaban J connectivity index is 2.25. The number of nitrogens with two attached hydrogens (primary N) is 1. The molecule has 1 unspecified atom stereocenters. The van der Waals surface area contributed by atoms with Crippen molar-refractivity contribution in [1.82, 2.24) is 5.32 Å².